The van der Waals surface area contributed by atoms with Crippen molar-refractivity contribution in [2.75, 3.05) is 20.3 Å². The molecule has 1 heterocycles. The summed E-state index contributed by atoms with van der Waals surface area (Å²) < 4.78 is 23.4. The number of aliphatic hydroxyl groups excluding tert-OH is 1. The van der Waals surface area contributed by atoms with Gasteiger partial charge in [-0.05, 0) is 75.9 Å². The molecule has 4 aromatic rings. The lowest BCUT2D eigenvalue weighted by molar-refractivity contribution is -0.136. The molecule has 5 rings (SSSR count). The van der Waals surface area contributed by atoms with Crippen LogP contribution in [0.1, 0.15) is 36.6 Å². The quantitative estimate of drug-likeness (QED) is 0.0539. The van der Waals surface area contributed by atoms with Crippen molar-refractivity contribution in [3.05, 3.63) is 110 Å². The smallest absolute Gasteiger partial charge is 0.337 e. The molecule has 0 aliphatic carbocycles. The average Bonchev–Trinajstić information content (AvgIpc) is 3.06. The standard InChI is InChI=1S/C35H34BrClN4O7/c1-4-46-29-15-22(32-31(34(43)45-3)20(2)39-35(44)40-32)12-13-28(29)47-19-30(42)41-38-17-24-14-25(37)16-27(36)33(24)48-18-23-10-7-9-21-8-5-6-11-26(21)23/h5-17,30,32,41-42H,4,18-19H2,1-3H3,(H2,39,40,44)/b38-17+/t30-,32+/m0/s1. The highest BCUT2D eigenvalue weighted by Crippen LogP contribution is 2.35. The number of methoxy groups -OCH3 is 1. The molecule has 4 N–H and O–H groups in total. The number of esters is 1. The van der Waals surface area contributed by atoms with Gasteiger partial charge in [-0.1, -0.05) is 60.1 Å². The number of hydrazone groups is 1. The van der Waals surface area contributed by atoms with E-state index in [4.69, 9.17) is 30.5 Å². The lowest BCUT2D eigenvalue weighted by Gasteiger charge is -2.28. The predicted molar refractivity (Wildman–Crippen MR) is 186 cm³/mol. The minimum Gasteiger partial charge on any atom is -0.490 e. The molecular weight excluding hydrogens is 704 g/mol. The van der Waals surface area contributed by atoms with Gasteiger partial charge in [-0.15, -0.1) is 0 Å². The molecule has 48 heavy (non-hydrogen) atoms. The Morgan fingerprint density at radius 3 is 2.67 bits per heavy atom. The summed E-state index contributed by atoms with van der Waals surface area (Å²) in [6.45, 7) is 3.89. The number of hydrogen-bond acceptors (Lipinski definition) is 9. The third-order valence-corrected chi connectivity index (χ3v) is 8.20. The fourth-order valence-electron chi connectivity index (χ4n) is 5.21. The van der Waals surface area contributed by atoms with Crippen LogP contribution in [-0.4, -0.2) is 49.9 Å². The van der Waals surface area contributed by atoms with Crippen molar-refractivity contribution in [2.24, 2.45) is 5.10 Å². The molecule has 13 heteroatoms. The van der Waals surface area contributed by atoms with Gasteiger partial charge in [0.05, 0.1) is 36.0 Å². The maximum absolute atomic E-state index is 12.5. The summed E-state index contributed by atoms with van der Waals surface area (Å²) in [5, 5.41) is 22.8. The van der Waals surface area contributed by atoms with Gasteiger partial charge in [-0.2, -0.15) is 5.10 Å². The number of allylic oxidation sites excluding steroid dienone is 1. The van der Waals surface area contributed by atoms with Crippen LogP contribution < -0.4 is 30.3 Å². The Labute approximate surface area is 291 Å². The summed E-state index contributed by atoms with van der Waals surface area (Å²) in [6, 6.07) is 21.4. The summed E-state index contributed by atoms with van der Waals surface area (Å²) in [4.78, 5) is 24.7. The minimum atomic E-state index is -1.20. The summed E-state index contributed by atoms with van der Waals surface area (Å²) in [5.41, 5.74) is 5.49. The van der Waals surface area contributed by atoms with Crippen molar-refractivity contribution < 1.29 is 33.6 Å². The fraction of sp³-hybridized carbons (Fsp3) is 0.229. The van der Waals surface area contributed by atoms with Crippen LogP contribution in [-0.2, 0) is 16.1 Å². The van der Waals surface area contributed by atoms with Crippen LogP contribution in [0.25, 0.3) is 10.8 Å². The highest BCUT2D eigenvalue weighted by Gasteiger charge is 2.32. The van der Waals surface area contributed by atoms with Gasteiger partial charge in [0.25, 0.3) is 0 Å². The number of hydrogen-bond donors (Lipinski definition) is 4. The molecule has 1 aliphatic heterocycles. The van der Waals surface area contributed by atoms with Crippen LogP contribution in [0.5, 0.6) is 17.2 Å². The molecule has 0 saturated heterocycles. The molecule has 4 aromatic carbocycles. The Morgan fingerprint density at radius 2 is 1.88 bits per heavy atom. The Hall–Kier alpha value is -4.78. The van der Waals surface area contributed by atoms with Crippen LogP contribution in [0.2, 0.25) is 5.02 Å². The summed E-state index contributed by atoms with van der Waals surface area (Å²) >= 11 is 9.87. The van der Waals surface area contributed by atoms with Crippen molar-refractivity contribution >= 4 is 56.5 Å². The SMILES string of the molecule is CCOc1cc([C@H]2NC(=O)NC(C)=C2C(=O)OC)ccc1OC[C@H](O)N/N=C/c1cc(Cl)cc(Br)c1OCc1cccc2ccccc12. The van der Waals surface area contributed by atoms with Crippen molar-refractivity contribution in [1.82, 2.24) is 16.1 Å². The zero-order chi connectivity index (χ0) is 34.2. The monoisotopic (exact) mass is 736 g/mol. The third-order valence-electron chi connectivity index (χ3n) is 7.39. The zero-order valence-electron chi connectivity index (χ0n) is 26.4. The molecular formula is C35H34BrClN4O7. The molecule has 0 bridgehead atoms. The second-order valence-corrected chi connectivity index (χ2v) is 11.9. The Balaban J connectivity index is 1.25. The van der Waals surface area contributed by atoms with Gasteiger partial charge in [-0.25, -0.2) is 9.59 Å². The first-order valence-corrected chi connectivity index (χ1v) is 16.2. The predicted octanol–water partition coefficient (Wildman–Crippen LogP) is 6.36. The molecule has 0 radical (unpaired) electrons. The second kappa shape index (κ2) is 15.9. The Bertz CT molecular complexity index is 1880. The topological polar surface area (TPSA) is 140 Å². The molecule has 0 saturated carbocycles. The molecule has 2 amide bonds. The van der Waals surface area contributed by atoms with Crippen molar-refractivity contribution in [1.29, 1.82) is 0 Å². The number of urea groups is 1. The lowest BCUT2D eigenvalue weighted by atomic mass is 9.95. The third kappa shape index (κ3) is 8.19. The number of rotatable bonds is 13. The maximum atomic E-state index is 12.5. The fourth-order valence-corrected chi connectivity index (χ4v) is 6.16. The van der Waals surface area contributed by atoms with Gasteiger partial charge >= 0.3 is 12.0 Å². The largest absolute Gasteiger partial charge is 0.490 e. The minimum absolute atomic E-state index is 0.184. The first-order chi connectivity index (χ1) is 23.2. The highest BCUT2D eigenvalue weighted by atomic mass is 79.9. The molecule has 0 spiro atoms. The molecule has 250 valence electrons. The van der Waals surface area contributed by atoms with Crippen LogP contribution in [0.4, 0.5) is 4.79 Å². The number of benzene rings is 4. The second-order valence-electron chi connectivity index (χ2n) is 10.6. The molecule has 0 unspecified atom stereocenters. The van der Waals surface area contributed by atoms with E-state index in [1.54, 1.807) is 37.3 Å². The van der Waals surface area contributed by atoms with Crippen molar-refractivity contribution in [3.63, 3.8) is 0 Å². The van der Waals surface area contributed by atoms with E-state index in [2.05, 4.69) is 55.3 Å². The first-order valence-electron chi connectivity index (χ1n) is 15.0. The van der Waals surface area contributed by atoms with Crippen LogP contribution in [0.3, 0.4) is 0 Å². The number of amides is 2. The molecule has 1 aliphatic rings. The van der Waals surface area contributed by atoms with Gasteiger partial charge in [0.2, 0.25) is 0 Å². The molecule has 0 aromatic heterocycles. The van der Waals surface area contributed by atoms with Gasteiger partial charge in [0.15, 0.2) is 17.7 Å². The highest BCUT2D eigenvalue weighted by molar-refractivity contribution is 9.10. The van der Waals surface area contributed by atoms with E-state index in [-0.39, 0.29) is 12.2 Å². The Morgan fingerprint density at radius 1 is 1.08 bits per heavy atom. The van der Waals surface area contributed by atoms with Crippen molar-refractivity contribution in [3.8, 4) is 17.2 Å². The normalized spacial score (nSPS) is 15.1. The van der Waals surface area contributed by atoms with Crippen LogP contribution in [0, 0.1) is 0 Å². The number of nitrogens with one attached hydrogen (secondary N) is 3. The lowest BCUT2D eigenvalue weighted by Crippen LogP contribution is -2.45. The van der Waals surface area contributed by atoms with Crippen molar-refractivity contribution in [2.45, 2.75) is 32.7 Å². The number of carbonyl (C=O) groups excluding carboxylic acids is 2. The first kappa shape index (κ1) is 34.6. The van der Waals surface area contributed by atoms with Gasteiger partial charge in [0.1, 0.15) is 19.0 Å². The van der Waals surface area contributed by atoms with Crippen LogP contribution >= 0.6 is 27.5 Å². The van der Waals surface area contributed by atoms with E-state index in [0.29, 0.717) is 56.8 Å². The number of carbonyl (C=O) groups is 2. The van der Waals surface area contributed by atoms with E-state index in [1.807, 2.05) is 31.2 Å². The van der Waals surface area contributed by atoms with E-state index in [0.717, 1.165) is 16.3 Å². The van der Waals surface area contributed by atoms with Gasteiger partial charge in [0, 0.05) is 16.3 Å². The summed E-state index contributed by atoms with van der Waals surface area (Å²) in [6.07, 6.45) is 0.304. The van der Waals surface area contributed by atoms with E-state index < -0.39 is 24.3 Å². The summed E-state index contributed by atoms with van der Waals surface area (Å²) in [7, 11) is 1.27. The number of ether oxygens (including phenoxy) is 4. The molecule has 11 nitrogen and oxygen atoms in total. The maximum Gasteiger partial charge on any atom is 0.337 e. The number of nitrogens with zero attached hydrogens (tertiary/aromatic N) is 1. The zero-order valence-corrected chi connectivity index (χ0v) is 28.7. The number of aliphatic hydroxyl groups is 1. The summed E-state index contributed by atoms with van der Waals surface area (Å²) in [5.74, 6) is 0.660. The Kier molecular flexibility index (Phi) is 11.4. The van der Waals surface area contributed by atoms with Gasteiger partial charge < -0.3 is 34.7 Å². The van der Waals surface area contributed by atoms with Crippen LogP contribution in [0.15, 0.2) is 93.6 Å². The molecule has 2 atom stereocenters. The van der Waals surface area contributed by atoms with E-state index in [9.17, 15) is 14.7 Å². The van der Waals surface area contributed by atoms with E-state index in [1.165, 1.54) is 13.3 Å². The number of fused-ring (bicyclic) bond motifs is 1. The average molecular weight is 738 g/mol. The molecule has 0 fully saturated rings. The number of halogens is 2. The van der Waals surface area contributed by atoms with E-state index >= 15 is 0 Å². The van der Waals surface area contributed by atoms with Gasteiger partial charge in [-0.3, -0.25) is 5.43 Å².